The smallest absolute Gasteiger partial charge is 0.337 e. The molecule has 0 bridgehead atoms. The molecule has 1 amide bonds. The summed E-state index contributed by atoms with van der Waals surface area (Å²) in [4.78, 5) is 29.6. The van der Waals surface area contributed by atoms with Gasteiger partial charge in [0.1, 0.15) is 0 Å². The maximum atomic E-state index is 12.7. The number of hydrogen-bond donors (Lipinski definition) is 1. The Balaban J connectivity index is 2.49. The number of rotatable bonds is 5. The van der Waals surface area contributed by atoms with Crippen molar-refractivity contribution in [3.63, 3.8) is 0 Å². The third-order valence-electron chi connectivity index (χ3n) is 3.29. The molecule has 0 saturated heterocycles. The van der Waals surface area contributed by atoms with Crippen molar-refractivity contribution in [2.24, 2.45) is 0 Å². The van der Waals surface area contributed by atoms with Gasteiger partial charge >= 0.3 is 5.97 Å². The van der Waals surface area contributed by atoms with Crippen LogP contribution in [0.5, 0.6) is 0 Å². The van der Waals surface area contributed by atoms with E-state index in [0.29, 0.717) is 17.8 Å². The number of hydrogen-bond acceptors (Lipinski definition) is 3. The van der Waals surface area contributed by atoms with Gasteiger partial charge in [0.05, 0.1) is 11.3 Å². The van der Waals surface area contributed by atoms with Crippen LogP contribution in [0.4, 0.5) is 5.69 Å². The van der Waals surface area contributed by atoms with Gasteiger partial charge in [0.25, 0.3) is 5.91 Å². The Kier molecular flexibility index (Phi) is 4.88. The lowest BCUT2D eigenvalue weighted by Crippen LogP contribution is -2.33. The Labute approximate surface area is 129 Å². The Morgan fingerprint density at radius 3 is 2.45 bits per heavy atom. The standard InChI is InChI=1S/C17H18N2O3/c1-3-10-19(16(20)13-6-8-18-9-7-13)15-5-4-12(2)11-14(15)17(21)22/h4-9,11H,3,10H2,1-2H3,(H,21,22). The van der Waals surface area contributed by atoms with Gasteiger partial charge in [-0.25, -0.2) is 4.79 Å². The predicted molar refractivity (Wildman–Crippen MR) is 84.3 cm³/mol. The van der Waals surface area contributed by atoms with Crippen LogP contribution in [0.25, 0.3) is 0 Å². The molecule has 0 saturated carbocycles. The monoisotopic (exact) mass is 298 g/mol. The number of benzene rings is 1. The van der Waals surface area contributed by atoms with E-state index in [-0.39, 0.29) is 11.5 Å². The summed E-state index contributed by atoms with van der Waals surface area (Å²) < 4.78 is 0. The van der Waals surface area contributed by atoms with Crippen molar-refractivity contribution in [3.05, 3.63) is 59.4 Å². The topological polar surface area (TPSA) is 70.5 Å². The van der Waals surface area contributed by atoms with Crippen LogP contribution in [-0.2, 0) is 0 Å². The largest absolute Gasteiger partial charge is 0.478 e. The van der Waals surface area contributed by atoms with Crippen molar-refractivity contribution >= 4 is 17.6 Å². The van der Waals surface area contributed by atoms with E-state index in [1.807, 2.05) is 19.9 Å². The third-order valence-corrected chi connectivity index (χ3v) is 3.29. The average Bonchev–Trinajstić information content (AvgIpc) is 2.53. The minimum absolute atomic E-state index is 0.135. The van der Waals surface area contributed by atoms with Crippen molar-refractivity contribution in [2.45, 2.75) is 20.3 Å². The highest BCUT2D eigenvalue weighted by Gasteiger charge is 2.22. The second-order valence-electron chi connectivity index (χ2n) is 5.02. The Bertz CT molecular complexity index is 684. The van der Waals surface area contributed by atoms with E-state index >= 15 is 0 Å². The highest BCUT2D eigenvalue weighted by molar-refractivity contribution is 6.09. The number of aromatic nitrogens is 1. The Morgan fingerprint density at radius 2 is 1.86 bits per heavy atom. The minimum atomic E-state index is -1.04. The molecule has 1 aromatic carbocycles. The van der Waals surface area contributed by atoms with Crippen molar-refractivity contribution < 1.29 is 14.7 Å². The minimum Gasteiger partial charge on any atom is -0.478 e. The number of amides is 1. The van der Waals surface area contributed by atoms with Gasteiger partial charge in [-0.3, -0.25) is 9.78 Å². The number of nitrogens with zero attached hydrogens (tertiary/aromatic N) is 2. The van der Waals surface area contributed by atoms with Crippen LogP contribution < -0.4 is 4.90 Å². The number of anilines is 1. The summed E-state index contributed by atoms with van der Waals surface area (Å²) in [5.74, 6) is -1.27. The summed E-state index contributed by atoms with van der Waals surface area (Å²) in [5, 5.41) is 9.41. The summed E-state index contributed by atoms with van der Waals surface area (Å²) in [7, 11) is 0. The van der Waals surface area contributed by atoms with Crippen LogP contribution in [-0.4, -0.2) is 28.5 Å². The van der Waals surface area contributed by atoms with Gasteiger partial charge < -0.3 is 10.0 Å². The molecule has 0 unspecified atom stereocenters. The lowest BCUT2D eigenvalue weighted by molar-refractivity contribution is 0.0697. The molecule has 0 aliphatic heterocycles. The van der Waals surface area contributed by atoms with E-state index in [0.717, 1.165) is 12.0 Å². The number of aryl methyl sites for hydroxylation is 1. The fourth-order valence-electron chi connectivity index (χ4n) is 2.26. The summed E-state index contributed by atoms with van der Waals surface area (Å²) >= 11 is 0. The molecule has 1 aromatic heterocycles. The second-order valence-corrected chi connectivity index (χ2v) is 5.02. The molecule has 22 heavy (non-hydrogen) atoms. The van der Waals surface area contributed by atoms with Crippen molar-refractivity contribution in [2.75, 3.05) is 11.4 Å². The Morgan fingerprint density at radius 1 is 1.18 bits per heavy atom. The molecule has 0 aliphatic carbocycles. The van der Waals surface area contributed by atoms with Gasteiger partial charge in [0.15, 0.2) is 0 Å². The van der Waals surface area contributed by atoms with Crippen LogP contribution >= 0.6 is 0 Å². The average molecular weight is 298 g/mol. The van der Waals surface area contributed by atoms with E-state index in [2.05, 4.69) is 4.98 Å². The molecule has 1 N–H and O–H groups in total. The lowest BCUT2D eigenvalue weighted by atomic mass is 10.1. The van der Waals surface area contributed by atoms with E-state index in [4.69, 9.17) is 0 Å². The first-order valence-electron chi connectivity index (χ1n) is 7.10. The Hall–Kier alpha value is -2.69. The van der Waals surface area contributed by atoms with Crippen molar-refractivity contribution in [1.82, 2.24) is 4.98 Å². The molecule has 114 valence electrons. The number of pyridine rings is 1. The summed E-state index contributed by atoms with van der Waals surface area (Å²) in [6.45, 7) is 4.22. The molecule has 2 rings (SSSR count). The molecule has 0 aliphatic rings. The van der Waals surface area contributed by atoms with Gasteiger partial charge in [-0.2, -0.15) is 0 Å². The first-order chi connectivity index (χ1) is 10.5. The van der Waals surface area contributed by atoms with Gasteiger partial charge in [-0.1, -0.05) is 18.6 Å². The number of carboxylic acid groups (broad SMARTS) is 1. The zero-order valence-electron chi connectivity index (χ0n) is 12.6. The quantitative estimate of drug-likeness (QED) is 0.920. The zero-order chi connectivity index (χ0) is 16.1. The number of carbonyl (C=O) groups is 2. The molecule has 5 heteroatoms. The predicted octanol–water partition coefficient (Wildman–Crippen LogP) is 3.15. The van der Waals surface area contributed by atoms with E-state index < -0.39 is 5.97 Å². The van der Waals surface area contributed by atoms with Crippen molar-refractivity contribution in [3.8, 4) is 0 Å². The SMILES string of the molecule is CCCN(C(=O)c1ccncc1)c1ccc(C)cc1C(=O)O. The normalized spacial score (nSPS) is 10.3. The molecule has 0 radical (unpaired) electrons. The fourth-order valence-corrected chi connectivity index (χ4v) is 2.26. The summed E-state index contributed by atoms with van der Waals surface area (Å²) in [6, 6.07) is 8.33. The molecular weight excluding hydrogens is 280 g/mol. The number of aromatic carboxylic acids is 1. The summed E-state index contributed by atoms with van der Waals surface area (Å²) in [6.07, 6.45) is 3.82. The van der Waals surface area contributed by atoms with Gasteiger partial charge in [0.2, 0.25) is 0 Å². The third kappa shape index (κ3) is 3.31. The van der Waals surface area contributed by atoms with E-state index in [9.17, 15) is 14.7 Å². The molecule has 5 nitrogen and oxygen atoms in total. The second kappa shape index (κ2) is 6.85. The van der Waals surface area contributed by atoms with E-state index in [1.54, 1.807) is 36.7 Å². The van der Waals surface area contributed by atoms with Crippen LogP contribution in [0.2, 0.25) is 0 Å². The first kappa shape index (κ1) is 15.7. The van der Waals surface area contributed by atoms with Crippen LogP contribution in [0, 0.1) is 6.92 Å². The molecule has 0 fully saturated rings. The molecule has 1 heterocycles. The van der Waals surface area contributed by atoms with Crippen molar-refractivity contribution in [1.29, 1.82) is 0 Å². The van der Waals surface area contributed by atoms with Gasteiger partial charge in [-0.05, 0) is 37.6 Å². The first-order valence-corrected chi connectivity index (χ1v) is 7.10. The van der Waals surface area contributed by atoms with Gasteiger partial charge in [0, 0.05) is 24.5 Å². The fraction of sp³-hybridized carbons (Fsp3) is 0.235. The zero-order valence-corrected chi connectivity index (χ0v) is 12.6. The number of carbonyl (C=O) groups excluding carboxylic acids is 1. The van der Waals surface area contributed by atoms with Crippen LogP contribution in [0.15, 0.2) is 42.7 Å². The molecule has 0 spiro atoms. The van der Waals surface area contributed by atoms with Crippen LogP contribution in [0.1, 0.15) is 39.6 Å². The molecule has 0 atom stereocenters. The van der Waals surface area contributed by atoms with E-state index in [1.165, 1.54) is 4.90 Å². The summed E-state index contributed by atoms with van der Waals surface area (Å²) in [5.41, 5.74) is 1.88. The molecule has 2 aromatic rings. The highest BCUT2D eigenvalue weighted by Crippen LogP contribution is 2.24. The number of carboxylic acids is 1. The van der Waals surface area contributed by atoms with Gasteiger partial charge in [-0.15, -0.1) is 0 Å². The highest BCUT2D eigenvalue weighted by atomic mass is 16.4. The maximum Gasteiger partial charge on any atom is 0.337 e. The molecular formula is C17H18N2O3. The maximum absolute atomic E-state index is 12.7. The lowest BCUT2D eigenvalue weighted by Gasteiger charge is -2.24. The van der Waals surface area contributed by atoms with Crippen LogP contribution in [0.3, 0.4) is 0 Å².